The van der Waals surface area contributed by atoms with Crippen LogP contribution in [0.5, 0.6) is 5.88 Å². The van der Waals surface area contributed by atoms with Crippen molar-refractivity contribution in [1.82, 2.24) is 4.98 Å². The van der Waals surface area contributed by atoms with Crippen LogP contribution in [0.2, 0.25) is 0 Å². The second-order valence-electron chi connectivity index (χ2n) is 5.89. The minimum Gasteiger partial charge on any atom is -0.481 e. The van der Waals surface area contributed by atoms with Crippen molar-refractivity contribution in [3.05, 3.63) is 46.7 Å². The van der Waals surface area contributed by atoms with Gasteiger partial charge in [0.25, 0.3) is 0 Å². The molecule has 4 heteroatoms. The van der Waals surface area contributed by atoms with E-state index in [1.165, 1.54) is 5.57 Å². The predicted octanol–water partition coefficient (Wildman–Crippen LogP) is 2.96. The lowest BCUT2D eigenvalue weighted by atomic mass is 9.75. The lowest BCUT2D eigenvalue weighted by molar-refractivity contribution is -0.120. The molecule has 1 aliphatic rings. The second-order valence-corrected chi connectivity index (χ2v) is 5.89. The van der Waals surface area contributed by atoms with Gasteiger partial charge in [-0.05, 0) is 32.8 Å². The standard InChI is InChI=1S/C18H24N2O2/c1-5-14-13(8-11(2)9-15(14)18(19)21)10-16-12(3)6-7-17(20-16)22-4/h5-8,13,15H,9-10H2,1-4H3,(H2,19,21)/b14-5+. The Bertz CT molecular complexity index is 632. The zero-order valence-electron chi connectivity index (χ0n) is 13.7. The smallest absolute Gasteiger partial charge is 0.224 e. The summed E-state index contributed by atoms with van der Waals surface area (Å²) in [5.41, 5.74) is 10.0. The molecule has 1 aromatic rings. The van der Waals surface area contributed by atoms with E-state index in [0.717, 1.165) is 29.7 Å². The van der Waals surface area contributed by atoms with E-state index in [1.54, 1.807) is 7.11 Å². The summed E-state index contributed by atoms with van der Waals surface area (Å²) in [5.74, 6) is 0.326. The average Bonchev–Trinajstić information content (AvgIpc) is 2.48. The summed E-state index contributed by atoms with van der Waals surface area (Å²) >= 11 is 0. The van der Waals surface area contributed by atoms with Crippen LogP contribution in [-0.4, -0.2) is 18.0 Å². The highest BCUT2D eigenvalue weighted by Crippen LogP contribution is 2.35. The van der Waals surface area contributed by atoms with E-state index < -0.39 is 0 Å². The van der Waals surface area contributed by atoms with E-state index in [1.807, 2.05) is 32.1 Å². The van der Waals surface area contributed by atoms with Crippen molar-refractivity contribution >= 4 is 5.91 Å². The van der Waals surface area contributed by atoms with Gasteiger partial charge in [0.1, 0.15) is 0 Å². The van der Waals surface area contributed by atoms with Crippen LogP contribution in [-0.2, 0) is 11.2 Å². The molecule has 2 unspecified atom stereocenters. The first-order chi connectivity index (χ1) is 10.5. The Labute approximate surface area is 132 Å². The molecule has 1 heterocycles. The first kappa shape index (κ1) is 16.3. The van der Waals surface area contributed by atoms with E-state index >= 15 is 0 Å². The molecule has 0 bridgehead atoms. The number of nitrogens with two attached hydrogens (primary N) is 1. The Balaban J connectivity index is 2.34. The highest BCUT2D eigenvalue weighted by Gasteiger charge is 2.30. The van der Waals surface area contributed by atoms with Crippen LogP contribution < -0.4 is 10.5 Å². The van der Waals surface area contributed by atoms with Gasteiger partial charge in [-0.2, -0.15) is 0 Å². The van der Waals surface area contributed by atoms with Crippen LogP contribution in [0.3, 0.4) is 0 Å². The number of hydrogen-bond acceptors (Lipinski definition) is 3. The number of primary amides is 1. The third-order valence-corrected chi connectivity index (χ3v) is 4.32. The normalized spacial score (nSPS) is 23.3. The monoisotopic (exact) mass is 300 g/mol. The molecule has 0 spiro atoms. The van der Waals surface area contributed by atoms with Crippen LogP contribution in [0, 0.1) is 18.8 Å². The van der Waals surface area contributed by atoms with Crippen molar-refractivity contribution in [2.24, 2.45) is 17.6 Å². The third-order valence-electron chi connectivity index (χ3n) is 4.32. The quantitative estimate of drug-likeness (QED) is 0.869. The van der Waals surface area contributed by atoms with Gasteiger partial charge in [-0.15, -0.1) is 0 Å². The summed E-state index contributed by atoms with van der Waals surface area (Å²) < 4.78 is 5.22. The SMILES string of the molecule is C/C=C1\C(Cc2nc(OC)ccc2C)C=C(C)CC1C(N)=O. The number of pyridine rings is 1. The molecule has 2 N–H and O–H groups in total. The van der Waals surface area contributed by atoms with Crippen molar-refractivity contribution in [3.8, 4) is 5.88 Å². The molecule has 118 valence electrons. The largest absolute Gasteiger partial charge is 0.481 e. The van der Waals surface area contributed by atoms with E-state index in [2.05, 4.69) is 18.0 Å². The van der Waals surface area contributed by atoms with E-state index in [4.69, 9.17) is 10.5 Å². The number of nitrogens with zero attached hydrogens (tertiary/aromatic N) is 1. The van der Waals surface area contributed by atoms with E-state index in [9.17, 15) is 4.79 Å². The van der Waals surface area contributed by atoms with Gasteiger partial charge in [-0.1, -0.05) is 29.4 Å². The fourth-order valence-electron chi connectivity index (χ4n) is 3.14. The molecular formula is C18H24N2O2. The predicted molar refractivity (Wildman–Crippen MR) is 87.5 cm³/mol. The molecule has 2 atom stereocenters. The molecule has 0 aliphatic heterocycles. The highest BCUT2D eigenvalue weighted by molar-refractivity contribution is 5.80. The number of allylic oxidation sites excluding steroid dienone is 3. The van der Waals surface area contributed by atoms with Gasteiger partial charge in [0.05, 0.1) is 13.0 Å². The van der Waals surface area contributed by atoms with Crippen molar-refractivity contribution in [3.63, 3.8) is 0 Å². The second kappa shape index (κ2) is 6.77. The Morgan fingerprint density at radius 1 is 1.45 bits per heavy atom. The Morgan fingerprint density at radius 2 is 2.18 bits per heavy atom. The molecule has 0 fully saturated rings. The van der Waals surface area contributed by atoms with E-state index in [0.29, 0.717) is 5.88 Å². The molecule has 1 aliphatic carbocycles. The highest BCUT2D eigenvalue weighted by atomic mass is 16.5. The summed E-state index contributed by atoms with van der Waals surface area (Å²) in [7, 11) is 1.62. The maximum absolute atomic E-state index is 11.8. The number of ether oxygens (including phenoxy) is 1. The molecule has 2 rings (SSSR count). The minimum absolute atomic E-state index is 0.162. The number of methoxy groups -OCH3 is 1. The third kappa shape index (κ3) is 3.38. The summed E-state index contributed by atoms with van der Waals surface area (Å²) in [4.78, 5) is 16.3. The number of aryl methyl sites for hydroxylation is 1. The summed E-state index contributed by atoms with van der Waals surface area (Å²) in [5, 5.41) is 0. The summed E-state index contributed by atoms with van der Waals surface area (Å²) in [6.07, 6.45) is 5.73. The molecule has 4 nitrogen and oxygen atoms in total. The van der Waals surface area contributed by atoms with Gasteiger partial charge in [0.2, 0.25) is 11.8 Å². The maximum Gasteiger partial charge on any atom is 0.224 e. The molecule has 0 radical (unpaired) electrons. The molecule has 0 saturated heterocycles. The van der Waals surface area contributed by atoms with Gasteiger partial charge >= 0.3 is 0 Å². The molecule has 1 aromatic heterocycles. The van der Waals surface area contributed by atoms with Crippen LogP contribution >= 0.6 is 0 Å². The number of rotatable bonds is 4. The average molecular weight is 300 g/mol. The maximum atomic E-state index is 11.8. The summed E-state index contributed by atoms with van der Waals surface area (Å²) in [6.45, 7) is 6.07. The van der Waals surface area contributed by atoms with Gasteiger partial charge in [-0.25, -0.2) is 4.98 Å². The number of carbonyl (C=O) groups excluding carboxylic acids is 1. The number of amides is 1. The van der Waals surface area contributed by atoms with Crippen molar-refractivity contribution in [2.45, 2.75) is 33.6 Å². The molecular weight excluding hydrogens is 276 g/mol. The lowest BCUT2D eigenvalue weighted by Crippen LogP contribution is -2.31. The van der Waals surface area contributed by atoms with Gasteiger partial charge in [0.15, 0.2) is 0 Å². The first-order valence-corrected chi connectivity index (χ1v) is 7.59. The summed E-state index contributed by atoms with van der Waals surface area (Å²) in [6, 6.07) is 3.88. The topological polar surface area (TPSA) is 65.2 Å². The Hall–Kier alpha value is -2.10. The van der Waals surface area contributed by atoms with Crippen molar-refractivity contribution in [1.29, 1.82) is 0 Å². The Kier molecular flexibility index (Phi) is 5.01. The van der Waals surface area contributed by atoms with Gasteiger partial charge in [-0.3, -0.25) is 4.79 Å². The fourth-order valence-corrected chi connectivity index (χ4v) is 3.14. The zero-order chi connectivity index (χ0) is 16.3. The van der Waals surface area contributed by atoms with E-state index in [-0.39, 0.29) is 17.7 Å². The van der Waals surface area contributed by atoms with Crippen molar-refractivity contribution in [2.75, 3.05) is 7.11 Å². The minimum atomic E-state index is -0.249. The van der Waals surface area contributed by atoms with Crippen LogP contribution in [0.1, 0.15) is 31.5 Å². The molecule has 0 saturated carbocycles. The molecule has 1 amide bonds. The van der Waals surface area contributed by atoms with Crippen LogP contribution in [0.4, 0.5) is 0 Å². The van der Waals surface area contributed by atoms with Crippen LogP contribution in [0.15, 0.2) is 35.4 Å². The van der Waals surface area contributed by atoms with Crippen LogP contribution in [0.25, 0.3) is 0 Å². The fraction of sp³-hybridized carbons (Fsp3) is 0.444. The number of hydrogen-bond donors (Lipinski definition) is 1. The first-order valence-electron chi connectivity index (χ1n) is 7.59. The van der Waals surface area contributed by atoms with Gasteiger partial charge < -0.3 is 10.5 Å². The number of aromatic nitrogens is 1. The van der Waals surface area contributed by atoms with Gasteiger partial charge in [0, 0.05) is 24.1 Å². The number of carbonyl (C=O) groups is 1. The lowest BCUT2D eigenvalue weighted by Gasteiger charge is -2.29. The Morgan fingerprint density at radius 3 is 2.77 bits per heavy atom. The zero-order valence-corrected chi connectivity index (χ0v) is 13.7. The molecule has 22 heavy (non-hydrogen) atoms. The van der Waals surface area contributed by atoms with Crippen molar-refractivity contribution < 1.29 is 9.53 Å². The molecule has 0 aromatic carbocycles.